The number of rotatable bonds is 4. The summed E-state index contributed by atoms with van der Waals surface area (Å²) in [5.74, 6) is -0.237. The van der Waals surface area contributed by atoms with Gasteiger partial charge in [-0.25, -0.2) is 4.90 Å². The lowest BCUT2D eigenvalue weighted by Crippen LogP contribution is -2.52. The molecule has 0 bridgehead atoms. The Hall–Kier alpha value is -1.73. The molecule has 0 aromatic heterocycles. The van der Waals surface area contributed by atoms with Gasteiger partial charge in [-0.2, -0.15) is 0 Å². The molecule has 1 unspecified atom stereocenters. The number of amides is 2. The highest BCUT2D eigenvalue weighted by Gasteiger charge is 2.43. The van der Waals surface area contributed by atoms with Gasteiger partial charge in [0, 0.05) is 42.2 Å². The van der Waals surface area contributed by atoms with Gasteiger partial charge in [0.1, 0.15) is 0 Å². The van der Waals surface area contributed by atoms with Crippen molar-refractivity contribution in [2.45, 2.75) is 19.0 Å². The molecule has 2 aliphatic rings. The van der Waals surface area contributed by atoms with E-state index in [-0.39, 0.29) is 24.3 Å². The summed E-state index contributed by atoms with van der Waals surface area (Å²) in [4.78, 5) is 31.3. The van der Waals surface area contributed by atoms with Crippen LogP contribution in [0.2, 0.25) is 5.02 Å². The Bertz CT molecular complexity index is 864. The maximum Gasteiger partial charge on any atom is 0.251 e. The van der Waals surface area contributed by atoms with Gasteiger partial charge in [0.05, 0.1) is 18.2 Å². The number of anilines is 1. The third-order valence-corrected chi connectivity index (χ3v) is 6.16. The fraction of sp³-hybridized carbons (Fsp3) is 0.333. The standard InChI is InChI=1S/C21H21BrClN3O2/c22-16-3-7-18(8-4-16)26-20(27)13-19(21(26)28)25-11-9-24(10-12-25)14-15-1-5-17(23)6-2-15/h1-8,19H,9-14H2. The molecule has 1 atom stereocenters. The van der Waals surface area contributed by atoms with E-state index in [1.807, 2.05) is 36.4 Å². The molecule has 0 spiro atoms. The van der Waals surface area contributed by atoms with Crippen molar-refractivity contribution in [1.82, 2.24) is 9.80 Å². The van der Waals surface area contributed by atoms with Crippen LogP contribution in [0.1, 0.15) is 12.0 Å². The number of carbonyl (C=O) groups excluding carboxylic acids is 2. The molecule has 2 fully saturated rings. The quantitative estimate of drug-likeness (QED) is 0.652. The van der Waals surface area contributed by atoms with Gasteiger partial charge in [0.25, 0.3) is 5.91 Å². The molecular weight excluding hydrogens is 442 g/mol. The van der Waals surface area contributed by atoms with Crippen molar-refractivity contribution in [2.24, 2.45) is 0 Å². The Balaban J connectivity index is 1.37. The van der Waals surface area contributed by atoms with Crippen molar-refractivity contribution >= 4 is 45.0 Å². The molecule has 0 saturated carbocycles. The molecule has 2 aromatic rings. The summed E-state index contributed by atoms with van der Waals surface area (Å²) in [5.41, 5.74) is 1.87. The lowest BCUT2D eigenvalue weighted by molar-refractivity contribution is -0.123. The third kappa shape index (κ3) is 4.15. The molecule has 2 heterocycles. The second-order valence-electron chi connectivity index (χ2n) is 7.20. The van der Waals surface area contributed by atoms with Gasteiger partial charge in [0.2, 0.25) is 5.91 Å². The minimum absolute atomic E-state index is 0.113. The average Bonchev–Trinajstić information content (AvgIpc) is 2.99. The van der Waals surface area contributed by atoms with E-state index in [9.17, 15) is 9.59 Å². The summed E-state index contributed by atoms with van der Waals surface area (Å²) in [6.45, 7) is 4.18. The van der Waals surface area contributed by atoms with Crippen LogP contribution in [0.25, 0.3) is 0 Å². The van der Waals surface area contributed by atoms with E-state index in [0.29, 0.717) is 5.69 Å². The van der Waals surface area contributed by atoms with Gasteiger partial charge >= 0.3 is 0 Å². The lowest BCUT2D eigenvalue weighted by Gasteiger charge is -2.37. The predicted octanol–water partition coefficient (Wildman–Crippen LogP) is 3.55. The first-order chi connectivity index (χ1) is 13.5. The van der Waals surface area contributed by atoms with Gasteiger partial charge in [-0.1, -0.05) is 39.7 Å². The number of benzene rings is 2. The Morgan fingerprint density at radius 2 is 1.57 bits per heavy atom. The van der Waals surface area contributed by atoms with Crippen molar-refractivity contribution in [3.8, 4) is 0 Å². The van der Waals surface area contributed by atoms with E-state index in [4.69, 9.17) is 11.6 Å². The highest BCUT2D eigenvalue weighted by molar-refractivity contribution is 9.10. The minimum Gasteiger partial charge on any atom is -0.297 e. The zero-order chi connectivity index (χ0) is 19.7. The molecule has 28 heavy (non-hydrogen) atoms. The van der Waals surface area contributed by atoms with Crippen LogP contribution in [0, 0.1) is 0 Å². The summed E-state index contributed by atoms with van der Waals surface area (Å²) in [6, 6.07) is 14.8. The van der Waals surface area contributed by atoms with E-state index < -0.39 is 0 Å². The molecule has 2 saturated heterocycles. The van der Waals surface area contributed by atoms with Gasteiger partial charge in [-0.15, -0.1) is 0 Å². The number of carbonyl (C=O) groups is 2. The molecule has 146 valence electrons. The topological polar surface area (TPSA) is 43.9 Å². The lowest BCUT2D eigenvalue weighted by atomic mass is 10.1. The zero-order valence-corrected chi connectivity index (χ0v) is 17.7. The molecule has 2 aromatic carbocycles. The number of hydrogen-bond donors (Lipinski definition) is 0. The molecule has 0 radical (unpaired) electrons. The molecule has 7 heteroatoms. The summed E-state index contributed by atoms with van der Waals surface area (Å²) in [5, 5.41) is 0.744. The van der Waals surface area contributed by atoms with Gasteiger partial charge in [-0.3, -0.25) is 19.4 Å². The van der Waals surface area contributed by atoms with Gasteiger partial charge in [0.15, 0.2) is 0 Å². The summed E-state index contributed by atoms with van der Waals surface area (Å²) < 4.78 is 0.920. The largest absolute Gasteiger partial charge is 0.297 e. The van der Waals surface area contributed by atoms with Crippen molar-refractivity contribution in [3.63, 3.8) is 0 Å². The highest BCUT2D eigenvalue weighted by Crippen LogP contribution is 2.27. The molecule has 2 aliphatic heterocycles. The van der Waals surface area contributed by atoms with Gasteiger partial charge in [-0.05, 0) is 42.0 Å². The van der Waals surface area contributed by atoms with Crippen LogP contribution < -0.4 is 4.90 Å². The van der Waals surface area contributed by atoms with E-state index in [1.165, 1.54) is 10.5 Å². The molecule has 4 rings (SSSR count). The van der Waals surface area contributed by atoms with Crippen LogP contribution in [-0.2, 0) is 16.1 Å². The van der Waals surface area contributed by atoms with Crippen molar-refractivity contribution < 1.29 is 9.59 Å². The number of halogens is 2. The number of piperazine rings is 1. The molecule has 2 amide bonds. The fourth-order valence-corrected chi connectivity index (χ4v) is 4.23. The van der Waals surface area contributed by atoms with E-state index in [1.54, 1.807) is 12.1 Å². The van der Waals surface area contributed by atoms with Crippen molar-refractivity contribution in [1.29, 1.82) is 0 Å². The molecule has 0 aliphatic carbocycles. The van der Waals surface area contributed by atoms with E-state index in [0.717, 1.165) is 42.2 Å². The fourth-order valence-electron chi connectivity index (χ4n) is 3.84. The Morgan fingerprint density at radius 1 is 0.929 bits per heavy atom. The van der Waals surface area contributed by atoms with Crippen LogP contribution in [0.5, 0.6) is 0 Å². The summed E-state index contributed by atoms with van der Waals surface area (Å²) in [6.07, 6.45) is 0.256. The smallest absolute Gasteiger partial charge is 0.251 e. The van der Waals surface area contributed by atoms with E-state index in [2.05, 4.69) is 25.7 Å². The number of nitrogens with zero attached hydrogens (tertiary/aromatic N) is 3. The summed E-state index contributed by atoms with van der Waals surface area (Å²) in [7, 11) is 0. The Labute approximate surface area is 178 Å². The first kappa shape index (κ1) is 19.6. The summed E-state index contributed by atoms with van der Waals surface area (Å²) >= 11 is 9.33. The second-order valence-corrected chi connectivity index (χ2v) is 8.55. The average molecular weight is 463 g/mol. The second kappa shape index (κ2) is 8.33. The molecule has 0 N–H and O–H groups in total. The van der Waals surface area contributed by atoms with Crippen LogP contribution in [0.3, 0.4) is 0 Å². The SMILES string of the molecule is O=C1CC(N2CCN(Cc3ccc(Cl)cc3)CC2)C(=O)N1c1ccc(Br)cc1. The normalized spacial score (nSPS) is 21.5. The maximum absolute atomic E-state index is 12.9. The monoisotopic (exact) mass is 461 g/mol. The van der Waals surface area contributed by atoms with Crippen LogP contribution in [0.4, 0.5) is 5.69 Å². The minimum atomic E-state index is -0.353. The third-order valence-electron chi connectivity index (χ3n) is 5.37. The van der Waals surface area contributed by atoms with Crippen LogP contribution in [-0.4, -0.2) is 53.8 Å². The van der Waals surface area contributed by atoms with Gasteiger partial charge < -0.3 is 0 Å². The molecular formula is C21H21BrClN3O2. The maximum atomic E-state index is 12.9. The Morgan fingerprint density at radius 3 is 2.21 bits per heavy atom. The first-order valence-electron chi connectivity index (χ1n) is 9.34. The highest BCUT2D eigenvalue weighted by atomic mass is 79.9. The first-order valence-corrected chi connectivity index (χ1v) is 10.5. The Kier molecular flexibility index (Phi) is 5.83. The van der Waals surface area contributed by atoms with Crippen molar-refractivity contribution in [3.05, 3.63) is 63.6 Å². The van der Waals surface area contributed by atoms with Crippen LogP contribution >= 0.6 is 27.5 Å². The number of hydrogen-bond acceptors (Lipinski definition) is 4. The van der Waals surface area contributed by atoms with Crippen LogP contribution in [0.15, 0.2) is 53.0 Å². The zero-order valence-electron chi connectivity index (χ0n) is 15.4. The molecule has 5 nitrogen and oxygen atoms in total. The predicted molar refractivity (Wildman–Crippen MR) is 113 cm³/mol. The van der Waals surface area contributed by atoms with Crippen molar-refractivity contribution in [2.75, 3.05) is 31.1 Å². The van der Waals surface area contributed by atoms with E-state index >= 15 is 0 Å². The number of imide groups is 1.